The Morgan fingerprint density at radius 1 is 1.11 bits per heavy atom. The summed E-state index contributed by atoms with van der Waals surface area (Å²) in [4.78, 5) is 0. The van der Waals surface area contributed by atoms with Crippen LogP contribution in [0.5, 0.6) is 0 Å². The fourth-order valence-corrected chi connectivity index (χ4v) is 3.68. The number of hydrogen-bond donors (Lipinski definition) is 0. The van der Waals surface area contributed by atoms with Crippen molar-refractivity contribution in [3.05, 3.63) is 0 Å². The van der Waals surface area contributed by atoms with Gasteiger partial charge in [-0.15, -0.1) is 0 Å². The Morgan fingerprint density at radius 3 is 2.17 bits per heavy atom. The lowest BCUT2D eigenvalue weighted by atomic mass is 9.75. The Labute approximate surface area is 116 Å². The van der Waals surface area contributed by atoms with Crippen molar-refractivity contribution in [2.45, 2.75) is 60.3 Å². The molecule has 0 aromatic carbocycles. The number of hydrogen-bond acceptors (Lipinski definition) is 0. The molecule has 0 radical (unpaired) electrons. The normalized spacial score (nSPS) is 29.5. The average molecular weight is 254 g/mol. The Kier molecular flexibility index (Phi) is 5.29. The second kappa shape index (κ2) is 5.94. The third-order valence-corrected chi connectivity index (χ3v) is 5.30. The third kappa shape index (κ3) is 4.57. The van der Waals surface area contributed by atoms with Gasteiger partial charge in [-0.05, 0) is 24.2 Å². The van der Waals surface area contributed by atoms with Crippen LogP contribution in [0.3, 0.4) is 0 Å². The molecular formula is C17H36N+. The summed E-state index contributed by atoms with van der Waals surface area (Å²) >= 11 is 0. The fourth-order valence-electron chi connectivity index (χ4n) is 3.68. The van der Waals surface area contributed by atoms with E-state index in [4.69, 9.17) is 0 Å². The lowest BCUT2D eigenvalue weighted by Gasteiger charge is -2.29. The Morgan fingerprint density at radius 2 is 1.67 bits per heavy atom. The minimum absolute atomic E-state index is 0.530. The van der Waals surface area contributed by atoms with Crippen LogP contribution in [0.25, 0.3) is 0 Å². The monoisotopic (exact) mass is 254 g/mol. The summed E-state index contributed by atoms with van der Waals surface area (Å²) in [6.45, 7) is 14.8. The van der Waals surface area contributed by atoms with E-state index in [2.05, 4.69) is 48.7 Å². The van der Waals surface area contributed by atoms with Crippen molar-refractivity contribution < 1.29 is 4.48 Å². The molecule has 18 heavy (non-hydrogen) atoms. The van der Waals surface area contributed by atoms with E-state index in [1.165, 1.54) is 43.3 Å². The molecular weight excluding hydrogens is 218 g/mol. The van der Waals surface area contributed by atoms with Crippen LogP contribution in [0.2, 0.25) is 0 Å². The Balaban J connectivity index is 2.67. The molecule has 0 aliphatic carbocycles. The van der Waals surface area contributed by atoms with Crippen LogP contribution in [-0.4, -0.2) is 31.7 Å². The molecule has 1 heterocycles. The Bertz CT molecular complexity index is 254. The first-order valence-electron chi connectivity index (χ1n) is 8.01. The van der Waals surface area contributed by atoms with E-state index >= 15 is 0 Å². The van der Waals surface area contributed by atoms with Crippen LogP contribution in [0.15, 0.2) is 0 Å². The largest absolute Gasteiger partial charge is 0.328 e. The first-order chi connectivity index (χ1) is 8.19. The highest BCUT2D eigenvalue weighted by molar-refractivity contribution is 4.82. The van der Waals surface area contributed by atoms with Crippen LogP contribution >= 0.6 is 0 Å². The quantitative estimate of drug-likeness (QED) is 0.609. The van der Waals surface area contributed by atoms with Crippen molar-refractivity contribution in [2.75, 3.05) is 27.2 Å². The molecule has 0 saturated carbocycles. The molecule has 0 bridgehead atoms. The van der Waals surface area contributed by atoms with Gasteiger partial charge in [0.15, 0.2) is 0 Å². The zero-order valence-corrected chi connectivity index (χ0v) is 13.9. The molecule has 0 N–H and O–H groups in total. The molecule has 3 atom stereocenters. The molecule has 0 spiro atoms. The summed E-state index contributed by atoms with van der Waals surface area (Å²) in [7, 11) is 4.84. The molecule has 1 fully saturated rings. The second-order valence-corrected chi connectivity index (χ2v) is 8.29. The van der Waals surface area contributed by atoms with E-state index in [0.29, 0.717) is 5.41 Å². The summed E-state index contributed by atoms with van der Waals surface area (Å²) in [5.41, 5.74) is 0.530. The van der Waals surface area contributed by atoms with Crippen molar-refractivity contribution in [3.63, 3.8) is 0 Å². The summed E-state index contributed by atoms with van der Waals surface area (Å²) in [5.74, 6) is 2.81. The molecule has 1 rings (SSSR count). The lowest BCUT2D eigenvalue weighted by molar-refractivity contribution is -0.880. The van der Waals surface area contributed by atoms with Crippen LogP contribution in [-0.2, 0) is 0 Å². The number of nitrogens with zero attached hydrogens (tertiary/aromatic N) is 1. The van der Waals surface area contributed by atoms with Gasteiger partial charge in [-0.1, -0.05) is 47.5 Å². The minimum Gasteiger partial charge on any atom is -0.328 e. The summed E-state index contributed by atoms with van der Waals surface area (Å²) < 4.78 is 1.24. The number of likely N-dealkylation sites (tertiary alicyclic amines) is 1. The number of quaternary nitrogens is 1. The van der Waals surface area contributed by atoms with E-state index in [1.54, 1.807) is 0 Å². The van der Waals surface area contributed by atoms with Crippen LogP contribution in [0, 0.1) is 23.2 Å². The summed E-state index contributed by atoms with van der Waals surface area (Å²) in [6, 6.07) is 0. The van der Waals surface area contributed by atoms with Crippen molar-refractivity contribution in [3.8, 4) is 0 Å². The van der Waals surface area contributed by atoms with E-state index in [9.17, 15) is 0 Å². The maximum absolute atomic E-state index is 2.45. The molecule has 1 aliphatic heterocycles. The smallest absolute Gasteiger partial charge is 0.0816 e. The summed E-state index contributed by atoms with van der Waals surface area (Å²) in [5, 5.41) is 0. The van der Waals surface area contributed by atoms with Crippen molar-refractivity contribution in [1.29, 1.82) is 0 Å². The maximum atomic E-state index is 2.45. The van der Waals surface area contributed by atoms with Gasteiger partial charge in [0.2, 0.25) is 0 Å². The van der Waals surface area contributed by atoms with Gasteiger partial charge in [0, 0.05) is 11.8 Å². The molecule has 0 aromatic rings. The van der Waals surface area contributed by atoms with Crippen molar-refractivity contribution in [2.24, 2.45) is 23.2 Å². The van der Waals surface area contributed by atoms with Gasteiger partial charge < -0.3 is 4.48 Å². The predicted octanol–water partition coefficient (Wildman–Crippen LogP) is 4.57. The van der Waals surface area contributed by atoms with E-state index in [-0.39, 0.29) is 0 Å². The predicted molar refractivity (Wildman–Crippen MR) is 81.6 cm³/mol. The fraction of sp³-hybridized carbons (Fsp3) is 1.00. The topological polar surface area (TPSA) is 0 Å². The van der Waals surface area contributed by atoms with Gasteiger partial charge in [-0.2, -0.15) is 0 Å². The highest BCUT2D eigenvalue weighted by Gasteiger charge is 2.42. The van der Waals surface area contributed by atoms with E-state index in [0.717, 1.165) is 17.8 Å². The molecule has 3 unspecified atom stereocenters. The highest BCUT2D eigenvalue weighted by atomic mass is 15.3. The Hall–Kier alpha value is -0.0400. The summed E-state index contributed by atoms with van der Waals surface area (Å²) in [6.07, 6.45) is 5.52. The van der Waals surface area contributed by atoms with E-state index in [1.807, 2.05) is 0 Å². The first-order valence-corrected chi connectivity index (χ1v) is 8.01. The zero-order valence-electron chi connectivity index (χ0n) is 13.9. The van der Waals surface area contributed by atoms with Gasteiger partial charge in [-0.3, -0.25) is 0 Å². The molecule has 1 aliphatic rings. The second-order valence-electron chi connectivity index (χ2n) is 8.29. The maximum Gasteiger partial charge on any atom is 0.0816 e. The zero-order chi connectivity index (χ0) is 14.0. The molecule has 108 valence electrons. The van der Waals surface area contributed by atoms with Gasteiger partial charge >= 0.3 is 0 Å². The molecule has 0 amide bonds. The molecule has 1 saturated heterocycles. The minimum atomic E-state index is 0.530. The third-order valence-electron chi connectivity index (χ3n) is 5.30. The van der Waals surface area contributed by atoms with Gasteiger partial charge in [0.1, 0.15) is 0 Å². The van der Waals surface area contributed by atoms with Gasteiger partial charge in [-0.25, -0.2) is 0 Å². The van der Waals surface area contributed by atoms with Gasteiger partial charge in [0.25, 0.3) is 0 Å². The average Bonchev–Trinajstić information content (AvgIpc) is 2.52. The van der Waals surface area contributed by atoms with Crippen LogP contribution < -0.4 is 0 Å². The SMILES string of the molecule is CCC(C)CC1C[N+](C)(C)CC1CC(C)(C)CC. The first kappa shape index (κ1) is 16.0. The lowest BCUT2D eigenvalue weighted by Crippen LogP contribution is -2.37. The van der Waals surface area contributed by atoms with Gasteiger partial charge in [0.05, 0.1) is 27.2 Å². The molecule has 1 nitrogen and oxygen atoms in total. The number of rotatable bonds is 6. The van der Waals surface area contributed by atoms with Crippen LogP contribution in [0.1, 0.15) is 60.3 Å². The standard InChI is InChI=1S/C17H36N/c1-8-14(3)10-15-12-18(6,7)13-16(15)11-17(4,5)9-2/h14-16H,8-13H2,1-7H3/q+1. The highest BCUT2D eigenvalue weighted by Crippen LogP contribution is 2.40. The van der Waals surface area contributed by atoms with E-state index < -0.39 is 0 Å². The van der Waals surface area contributed by atoms with Crippen LogP contribution in [0.4, 0.5) is 0 Å². The molecule has 0 aromatic heterocycles. The van der Waals surface area contributed by atoms with Crippen molar-refractivity contribution >= 4 is 0 Å². The van der Waals surface area contributed by atoms with Crippen molar-refractivity contribution in [1.82, 2.24) is 0 Å². The molecule has 1 heteroatoms.